The van der Waals surface area contributed by atoms with Crippen LogP contribution in [0.2, 0.25) is 0 Å². The highest BCUT2D eigenvalue weighted by molar-refractivity contribution is 5.40. The quantitative estimate of drug-likeness (QED) is 0.896. The molecule has 1 atom stereocenters. The molecule has 0 bridgehead atoms. The van der Waals surface area contributed by atoms with Gasteiger partial charge in [-0.25, -0.2) is 0 Å². The molecule has 1 unspecified atom stereocenters. The van der Waals surface area contributed by atoms with Crippen LogP contribution in [0.4, 0.5) is 0 Å². The average molecular weight is 290 g/mol. The Morgan fingerprint density at radius 3 is 2.43 bits per heavy atom. The van der Waals surface area contributed by atoms with Crippen LogP contribution in [0.5, 0.6) is 0 Å². The van der Waals surface area contributed by atoms with E-state index < -0.39 is 0 Å². The molecule has 0 amide bonds. The number of nitrogens with zero attached hydrogens (tertiary/aromatic N) is 1. The third-order valence-corrected chi connectivity index (χ3v) is 4.47. The van der Waals surface area contributed by atoms with Gasteiger partial charge in [-0.1, -0.05) is 52.8 Å². The Balaban J connectivity index is 2.29. The minimum atomic E-state index is -0.0949. The van der Waals surface area contributed by atoms with Gasteiger partial charge in [0.25, 0.3) is 0 Å². The molecular weight excluding hydrogens is 260 g/mol. The molecule has 2 rings (SSSR count). The van der Waals surface area contributed by atoms with Gasteiger partial charge in [-0.05, 0) is 22.1 Å². The van der Waals surface area contributed by atoms with E-state index in [1.165, 1.54) is 16.7 Å². The van der Waals surface area contributed by atoms with Crippen LogP contribution in [0, 0.1) is 5.41 Å². The number of aliphatic hydroxyl groups excluding tert-OH is 1. The third kappa shape index (κ3) is 3.47. The first-order valence-corrected chi connectivity index (χ1v) is 7.86. The predicted molar refractivity (Wildman–Crippen MR) is 88.2 cm³/mol. The first kappa shape index (κ1) is 16.5. The summed E-state index contributed by atoms with van der Waals surface area (Å²) in [5.41, 5.74) is 10.2. The molecule has 0 aliphatic carbocycles. The molecule has 1 aliphatic rings. The number of hydrogen-bond acceptors (Lipinski definition) is 3. The van der Waals surface area contributed by atoms with Crippen molar-refractivity contribution in [3.8, 4) is 0 Å². The van der Waals surface area contributed by atoms with Gasteiger partial charge in [0, 0.05) is 37.7 Å². The second-order valence-corrected chi connectivity index (χ2v) is 8.14. The predicted octanol–water partition coefficient (Wildman–Crippen LogP) is 2.82. The molecule has 1 aliphatic heterocycles. The average Bonchev–Trinajstić information content (AvgIpc) is 2.72. The van der Waals surface area contributed by atoms with Crippen molar-refractivity contribution in [1.82, 2.24) is 4.90 Å². The maximum atomic E-state index is 9.52. The molecule has 0 saturated carbocycles. The summed E-state index contributed by atoms with van der Waals surface area (Å²) in [6.07, 6.45) is 0. The van der Waals surface area contributed by atoms with E-state index in [0.29, 0.717) is 6.54 Å². The third-order valence-electron chi connectivity index (χ3n) is 4.47. The van der Waals surface area contributed by atoms with Crippen molar-refractivity contribution in [1.29, 1.82) is 0 Å². The van der Waals surface area contributed by atoms with Gasteiger partial charge >= 0.3 is 0 Å². The van der Waals surface area contributed by atoms with Crippen LogP contribution in [0.1, 0.15) is 57.4 Å². The monoisotopic (exact) mass is 290 g/mol. The normalized spacial score (nSPS) is 19.9. The first-order valence-electron chi connectivity index (χ1n) is 7.86. The summed E-state index contributed by atoms with van der Waals surface area (Å²) in [4.78, 5) is 2.41. The molecule has 118 valence electrons. The van der Waals surface area contributed by atoms with Crippen molar-refractivity contribution >= 4 is 0 Å². The van der Waals surface area contributed by atoms with E-state index in [1.807, 2.05) is 0 Å². The van der Waals surface area contributed by atoms with Gasteiger partial charge in [0.2, 0.25) is 0 Å². The van der Waals surface area contributed by atoms with Gasteiger partial charge in [-0.15, -0.1) is 0 Å². The van der Waals surface area contributed by atoms with Gasteiger partial charge in [0.1, 0.15) is 0 Å². The molecule has 1 heterocycles. The number of nitrogens with two attached hydrogens (primary N) is 1. The minimum Gasteiger partial charge on any atom is -0.396 e. The molecule has 0 radical (unpaired) electrons. The second kappa shape index (κ2) is 5.71. The molecule has 3 N–H and O–H groups in total. The smallest absolute Gasteiger partial charge is 0.0494 e. The summed E-state index contributed by atoms with van der Waals surface area (Å²) >= 11 is 0. The highest BCUT2D eigenvalue weighted by Crippen LogP contribution is 2.37. The highest BCUT2D eigenvalue weighted by Gasteiger charge is 2.33. The molecule has 0 spiro atoms. The van der Waals surface area contributed by atoms with Crippen LogP contribution in [0.3, 0.4) is 0 Å². The fourth-order valence-electron chi connectivity index (χ4n) is 3.08. The topological polar surface area (TPSA) is 49.5 Å². The highest BCUT2D eigenvalue weighted by atomic mass is 16.3. The standard InChI is InChI=1S/C18H30N2O/c1-17(2,3)14-7-6-13-10-20(11-18(4,5)12-21)16(9-19)15(13)8-14/h6-8,16,21H,9-12,19H2,1-5H3. The number of fused-ring (bicyclic) bond motifs is 1. The number of rotatable bonds is 4. The fraction of sp³-hybridized carbons (Fsp3) is 0.667. The zero-order chi connectivity index (χ0) is 15.8. The van der Waals surface area contributed by atoms with Gasteiger partial charge in [0.05, 0.1) is 0 Å². The zero-order valence-electron chi connectivity index (χ0n) is 14.1. The fourth-order valence-corrected chi connectivity index (χ4v) is 3.08. The van der Waals surface area contributed by atoms with E-state index in [4.69, 9.17) is 5.73 Å². The number of benzene rings is 1. The van der Waals surface area contributed by atoms with Gasteiger partial charge in [-0.3, -0.25) is 4.90 Å². The lowest BCUT2D eigenvalue weighted by Gasteiger charge is -2.32. The second-order valence-electron chi connectivity index (χ2n) is 8.14. The Hall–Kier alpha value is -0.900. The zero-order valence-corrected chi connectivity index (χ0v) is 14.1. The van der Waals surface area contributed by atoms with Crippen molar-refractivity contribution < 1.29 is 5.11 Å². The van der Waals surface area contributed by atoms with E-state index in [2.05, 4.69) is 57.7 Å². The summed E-state index contributed by atoms with van der Waals surface area (Å²) in [5.74, 6) is 0. The van der Waals surface area contributed by atoms with Crippen LogP contribution in [0.15, 0.2) is 18.2 Å². The summed E-state index contributed by atoms with van der Waals surface area (Å²) in [5, 5.41) is 9.52. The van der Waals surface area contributed by atoms with Crippen LogP contribution < -0.4 is 5.73 Å². The van der Waals surface area contributed by atoms with E-state index in [-0.39, 0.29) is 23.5 Å². The molecule has 1 aromatic carbocycles. The SMILES string of the molecule is CC(C)(CO)CN1Cc2ccc(C(C)(C)C)cc2C1CN. The Kier molecular flexibility index (Phi) is 4.48. The maximum absolute atomic E-state index is 9.52. The summed E-state index contributed by atoms with van der Waals surface area (Å²) in [6.45, 7) is 13.6. The van der Waals surface area contributed by atoms with E-state index in [9.17, 15) is 5.11 Å². The van der Waals surface area contributed by atoms with Crippen molar-refractivity contribution in [2.24, 2.45) is 11.1 Å². The Morgan fingerprint density at radius 2 is 1.90 bits per heavy atom. The van der Waals surface area contributed by atoms with Crippen LogP contribution >= 0.6 is 0 Å². The number of aliphatic hydroxyl groups is 1. The summed E-state index contributed by atoms with van der Waals surface area (Å²) < 4.78 is 0. The molecule has 21 heavy (non-hydrogen) atoms. The van der Waals surface area contributed by atoms with Crippen molar-refractivity contribution in [3.63, 3.8) is 0 Å². The lowest BCUT2D eigenvalue weighted by Crippen LogP contribution is -2.37. The Labute approximate surface area is 129 Å². The molecule has 3 heteroatoms. The Morgan fingerprint density at radius 1 is 1.24 bits per heavy atom. The summed E-state index contributed by atoms with van der Waals surface area (Å²) in [7, 11) is 0. The van der Waals surface area contributed by atoms with Gasteiger partial charge < -0.3 is 10.8 Å². The van der Waals surface area contributed by atoms with Crippen molar-refractivity contribution in [2.45, 2.75) is 52.6 Å². The largest absolute Gasteiger partial charge is 0.396 e. The minimum absolute atomic E-state index is 0.0949. The maximum Gasteiger partial charge on any atom is 0.0494 e. The molecule has 1 aromatic rings. The number of hydrogen-bond donors (Lipinski definition) is 2. The molecule has 0 fully saturated rings. The lowest BCUT2D eigenvalue weighted by atomic mass is 9.85. The van der Waals surface area contributed by atoms with Gasteiger partial charge in [0.15, 0.2) is 0 Å². The Bertz CT molecular complexity index is 502. The first-order chi connectivity index (χ1) is 9.68. The molecule has 3 nitrogen and oxygen atoms in total. The molecule has 0 saturated heterocycles. The lowest BCUT2D eigenvalue weighted by molar-refractivity contribution is 0.0845. The van der Waals surface area contributed by atoms with Crippen LogP contribution in [0.25, 0.3) is 0 Å². The van der Waals surface area contributed by atoms with E-state index >= 15 is 0 Å². The van der Waals surface area contributed by atoms with E-state index in [1.54, 1.807) is 0 Å². The van der Waals surface area contributed by atoms with Crippen molar-refractivity contribution in [3.05, 3.63) is 34.9 Å². The van der Waals surface area contributed by atoms with Crippen molar-refractivity contribution in [2.75, 3.05) is 19.7 Å². The van der Waals surface area contributed by atoms with Gasteiger partial charge in [-0.2, -0.15) is 0 Å². The molecular formula is C18H30N2O. The van der Waals surface area contributed by atoms with Crippen LogP contribution in [-0.2, 0) is 12.0 Å². The molecule has 0 aromatic heterocycles. The summed E-state index contributed by atoms with van der Waals surface area (Å²) in [6, 6.07) is 7.10. The van der Waals surface area contributed by atoms with E-state index in [0.717, 1.165) is 13.1 Å². The van der Waals surface area contributed by atoms with Crippen LogP contribution in [-0.4, -0.2) is 29.7 Å².